The average Bonchev–Trinajstić information content (AvgIpc) is 2.90. The van der Waals surface area contributed by atoms with Crippen LogP contribution in [0.3, 0.4) is 0 Å². The Morgan fingerprint density at radius 2 is 2.18 bits per heavy atom. The van der Waals surface area contributed by atoms with Crippen LogP contribution in [0.25, 0.3) is 10.1 Å². The largest absolute Gasteiger partial charge is 0.383 e. The number of hydrogen-bond donors (Lipinski definition) is 2. The molecule has 3 heterocycles. The van der Waals surface area contributed by atoms with Crippen molar-refractivity contribution in [3.8, 4) is 0 Å². The third-order valence-corrected chi connectivity index (χ3v) is 6.01. The Bertz CT molecular complexity index is 849. The highest BCUT2D eigenvalue weighted by Crippen LogP contribution is 2.33. The lowest BCUT2D eigenvalue weighted by Gasteiger charge is -2.13. The van der Waals surface area contributed by atoms with Crippen molar-refractivity contribution in [2.24, 2.45) is 0 Å². The summed E-state index contributed by atoms with van der Waals surface area (Å²) in [5.74, 6) is 0.944. The lowest BCUT2D eigenvalue weighted by Crippen LogP contribution is -2.08. The van der Waals surface area contributed by atoms with Crippen molar-refractivity contribution in [2.45, 2.75) is 22.8 Å². The Kier molecular flexibility index (Phi) is 4.49. The molecule has 0 aliphatic carbocycles. The van der Waals surface area contributed by atoms with Gasteiger partial charge in [-0.2, -0.15) is 0 Å². The van der Waals surface area contributed by atoms with Gasteiger partial charge in [-0.1, -0.05) is 11.6 Å². The number of nitrogens with zero attached hydrogens (tertiary/aromatic N) is 3. The van der Waals surface area contributed by atoms with Gasteiger partial charge in [0.25, 0.3) is 0 Å². The average molecular weight is 369 g/mol. The molecule has 3 rings (SSSR count). The summed E-state index contributed by atoms with van der Waals surface area (Å²) in [5.41, 5.74) is 6.80. The molecule has 0 amide bonds. The highest BCUT2D eigenvalue weighted by atomic mass is 35.5. The number of thioether (sulfide) groups is 1. The first kappa shape index (κ1) is 15.9. The molecule has 1 atom stereocenters. The maximum atomic E-state index is 6.21. The van der Waals surface area contributed by atoms with E-state index in [9.17, 15) is 0 Å². The van der Waals surface area contributed by atoms with Crippen molar-refractivity contribution < 1.29 is 0 Å². The monoisotopic (exact) mass is 368 g/mol. The summed E-state index contributed by atoms with van der Waals surface area (Å²) >= 11 is 13.6. The third-order valence-electron chi connectivity index (χ3n) is 3.36. The van der Waals surface area contributed by atoms with Gasteiger partial charge in [0.05, 0.1) is 26.2 Å². The van der Waals surface area contributed by atoms with Crippen molar-refractivity contribution in [1.29, 1.82) is 0 Å². The number of halogens is 1. The number of pyridine rings is 1. The number of anilines is 1. The molecule has 0 aliphatic heterocycles. The molecule has 2 N–H and O–H groups in total. The molecule has 0 saturated heterocycles. The maximum absolute atomic E-state index is 6.21. The summed E-state index contributed by atoms with van der Waals surface area (Å²) < 4.78 is 1.07. The minimum absolute atomic E-state index is 0.0810. The summed E-state index contributed by atoms with van der Waals surface area (Å²) in [4.78, 5) is 14.0. The zero-order valence-corrected chi connectivity index (χ0v) is 15.2. The van der Waals surface area contributed by atoms with Crippen LogP contribution in [0.1, 0.15) is 24.4 Å². The summed E-state index contributed by atoms with van der Waals surface area (Å²) in [7, 11) is 0. The van der Waals surface area contributed by atoms with Crippen LogP contribution in [0.2, 0.25) is 5.02 Å². The Morgan fingerprint density at radius 1 is 1.41 bits per heavy atom. The molecule has 0 aromatic carbocycles. The van der Waals surface area contributed by atoms with Crippen LogP contribution in [0.15, 0.2) is 27.6 Å². The van der Waals surface area contributed by atoms with E-state index in [4.69, 9.17) is 17.3 Å². The van der Waals surface area contributed by atoms with Crippen LogP contribution in [0.4, 0.5) is 5.82 Å². The van der Waals surface area contributed by atoms with Crippen molar-refractivity contribution >= 4 is 63.2 Å². The molecule has 0 spiro atoms. The van der Waals surface area contributed by atoms with Crippen molar-refractivity contribution in [3.05, 3.63) is 34.2 Å². The van der Waals surface area contributed by atoms with E-state index in [-0.39, 0.29) is 5.92 Å². The highest BCUT2D eigenvalue weighted by molar-refractivity contribution is 7.99. The zero-order chi connectivity index (χ0) is 15.9. The summed E-state index contributed by atoms with van der Waals surface area (Å²) in [5, 5.41) is 4.43. The second-order valence-electron chi connectivity index (χ2n) is 4.74. The fraction of sp³-hybridized carbons (Fsp3) is 0.214. The van der Waals surface area contributed by atoms with Crippen LogP contribution >= 0.6 is 47.3 Å². The Labute approximate surface area is 146 Å². The predicted octanol–water partition coefficient (Wildman–Crippen LogP) is 4.48. The Hall–Kier alpha value is -1.02. The molecule has 0 saturated carbocycles. The number of nitrogen functional groups attached to an aromatic ring is 1. The second-order valence-corrected chi connectivity index (χ2v) is 7.30. The van der Waals surface area contributed by atoms with Crippen molar-refractivity contribution in [2.75, 3.05) is 12.0 Å². The standard InChI is InChI=1S/C14H13ClN4S3/c1-6(13-18-12(16)11(20)14(19-13)21-2)9-3-7-8(15)5-22-10(7)4-17-9/h3-6,20H,1-2H3,(H2,16,18,19). The molecule has 114 valence electrons. The first-order valence-corrected chi connectivity index (χ1v) is 9.37. The minimum atomic E-state index is -0.0810. The number of hydrogen-bond acceptors (Lipinski definition) is 7. The lowest BCUT2D eigenvalue weighted by atomic mass is 10.1. The molecule has 1 unspecified atom stereocenters. The van der Waals surface area contributed by atoms with Gasteiger partial charge in [0.2, 0.25) is 0 Å². The summed E-state index contributed by atoms with van der Waals surface area (Å²) in [6, 6.07) is 1.99. The number of nitrogens with two attached hydrogens (primary N) is 1. The van der Waals surface area contributed by atoms with Gasteiger partial charge in [-0.3, -0.25) is 4.98 Å². The summed E-state index contributed by atoms with van der Waals surface area (Å²) in [6.45, 7) is 2.01. The zero-order valence-electron chi connectivity index (χ0n) is 11.9. The Balaban J connectivity index is 2.06. The van der Waals surface area contributed by atoms with Gasteiger partial charge < -0.3 is 5.73 Å². The molecular weight excluding hydrogens is 356 g/mol. The van der Waals surface area contributed by atoms with Crippen LogP contribution in [-0.2, 0) is 0 Å². The third kappa shape index (κ3) is 2.78. The highest BCUT2D eigenvalue weighted by Gasteiger charge is 2.18. The quantitative estimate of drug-likeness (QED) is 0.405. The molecular formula is C14H13ClN4S3. The topological polar surface area (TPSA) is 64.7 Å². The van der Waals surface area contributed by atoms with Crippen LogP contribution in [0.5, 0.6) is 0 Å². The number of fused-ring (bicyclic) bond motifs is 1. The number of aromatic nitrogens is 3. The van der Waals surface area contributed by atoms with Crippen LogP contribution in [-0.4, -0.2) is 21.2 Å². The van der Waals surface area contributed by atoms with E-state index in [1.807, 2.05) is 30.8 Å². The van der Waals surface area contributed by atoms with Crippen LogP contribution in [0, 0.1) is 0 Å². The molecule has 22 heavy (non-hydrogen) atoms. The Morgan fingerprint density at radius 3 is 2.91 bits per heavy atom. The lowest BCUT2D eigenvalue weighted by molar-refractivity contribution is 0.756. The fourth-order valence-corrected chi connectivity index (χ4v) is 4.06. The van der Waals surface area contributed by atoms with Gasteiger partial charge in [0, 0.05) is 17.0 Å². The van der Waals surface area contributed by atoms with Crippen molar-refractivity contribution in [3.63, 3.8) is 0 Å². The van der Waals surface area contributed by atoms with E-state index in [1.54, 1.807) is 11.3 Å². The molecule has 0 aliphatic rings. The minimum Gasteiger partial charge on any atom is -0.383 e. The fourth-order valence-electron chi connectivity index (χ4n) is 2.09. The first-order valence-electron chi connectivity index (χ1n) is 6.44. The number of thiol groups is 1. The number of rotatable bonds is 3. The maximum Gasteiger partial charge on any atom is 0.141 e. The molecule has 3 aromatic rings. The van der Waals surface area contributed by atoms with E-state index in [2.05, 4.69) is 27.6 Å². The van der Waals surface area contributed by atoms with Gasteiger partial charge in [0.15, 0.2) is 0 Å². The molecule has 0 bridgehead atoms. The van der Waals surface area contributed by atoms with E-state index in [0.717, 1.165) is 25.8 Å². The van der Waals surface area contributed by atoms with Crippen molar-refractivity contribution in [1.82, 2.24) is 15.0 Å². The molecule has 3 aromatic heterocycles. The van der Waals surface area contributed by atoms with Crippen LogP contribution < -0.4 is 5.73 Å². The SMILES string of the molecule is CSc1nc(C(C)c2cc3c(Cl)csc3cn2)nc(N)c1S. The molecule has 4 nitrogen and oxygen atoms in total. The second kappa shape index (κ2) is 6.23. The van der Waals surface area contributed by atoms with Gasteiger partial charge in [-0.15, -0.1) is 35.7 Å². The molecule has 8 heteroatoms. The van der Waals surface area contributed by atoms with Gasteiger partial charge in [0.1, 0.15) is 16.7 Å². The van der Waals surface area contributed by atoms with Gasteiger partial charge in [-0.05, 0) is 19.2 Å². The first-order chi connectivity index (χ1) is 10.5. The number of thiophene rings is 1. The van der Waals surface area contributed by atoms with E-state index >= 15 is 0 Å². The smallest absolute Gasteiger partial charge is 0.141 e. The van der Waals surface area contributed by atoms with Gasteiger partial charge >= 0.3 is 0 Å². The molecule has 0 fully saturated rings. The predicted molar refractivity (Wildman–Crippen MR) is 97.6 cm³/mol. The van der Waals surface area contributed by atoms with E-state index < -0.39 is 0 Å². The van der Waals surface area contributed by atoms with E-state index in [0.29, 0.717) is 16.5 Å². The normalized spacial score (nSPS) is 12.7. The van der Waals surface area contributed by atoms with Gasteiger partial charge in [-0.25, -0.2) is 9.97 Å². The molecule has 0 radical (unpaired) electrons. The summed E-state index contributed by atoms with van der Waals surface area (Å²) in [6.07, 6.45) is 3.77. The van der Waals surface area contributed by atoms with E-state index in [1.165, 1.54) is 11.8 Å².